The van der Waals surface area contributed by atoms with Crippen LogP contribution < -0.4 is 10.6 Å². The van der Waals surface area contributed by atoms with Crippen LogP contribution in [-0.2, 0) is 16.1 Å². The van der Waals surface area contributed by atoms with Crippen molar-refractivity contribution in [1.29, 1.82) is 0 Å². The molecule has 4 nitrogen and oxygen atoms in total. The molecule has 2 amide bonds. The van der Waals surface area contributed by atoms with Crippen molar-refractivity contribution in [1.82, 2.24) is 5.32 Å². The molecule has 1 saturated carbocycles. The zero-order valence-electron chi connectivity index (χ0n) is 14.1. The Labute approximate surface area is 142 Å². The first kappa shape index (κ1) is 16.2. The van der Waals surface area contributed by atoms with Crippen LogP contribution in [-0.4, -0.2) is 11.8 Å². The molecule has 0 bridgehead atoms. The van der Waals surface area contributed by atoms with Crippen molar-refractivity contribution < 1.29 is 9.59 Å². The Hall–Kier alpha value is -2.62. The summed E-state index contributed by atoms with van der Waals surface area (Å²) in [6.07, 6.45) is 1.20. The van der Waals surface area contributed by atoms with Crippen molar-refractivity contribution in [2.45, 2.75) is 33.2 Å². The molecule has 0 aromatic heterocycles. The summed E-state index contributed by atoms with van der Waals surface area (Å²) in [5.41, 5.74) is 2.93. The number of anilines is 1. The summed E-state index contributed by atoms with van der Waals surface area (Å²) >= 11 is 0. The zero-order valence-corrected chi connectivity index (χ0v) is 14.1. The van der Waals surface area contributed by atoms with Crippen molar-refractivity contribution in [3.8, 4) is 0 Å². The van der Waals surface area contributed by atoms with Crippen LogP contribution in [0.4, 0.5) is 5.69 Å². The smallest absolute Gasteiger partial charge is 0.240 e. The van der Waals surface area contributed by atoms with Crippen molar-refractivity contribution in [3.05, 3.63) is 65.2 Å². The fourth-order valence-electron chi connectivity index (χ4n) is 2.87. The third-order valence-corrected chi connectivity index (χ3v) is 4.63. The minimum Gasteiger partial charge on any atom is -0.351 e. The quantitative estimate of drug-likeness (QED) is 0.830. The van der Waals surface area contributed by atoms with Crippen LogP contribution in [0.15, 0.2) is 48.5 Å². The van der Waals surface area contributed by atoms with Gasteiger partial charge in [-0.15, -0.1) is 0 Å². The number of aryl methyl sites for hydroxylation is 2. The molecule has 0 aliphatic heterocycles. The Morgan fingerprint density at radius 3 is 2.12 bits per heavy atom. The maximum absolute atomic E-state index is 12.7. The number of rotatable bonds is 5. The molecule has 0 atom stereocenters. The summed E-state index contributed by atoms with van der Waals surface area (Å²) < 4.78 is 0. The normalized spacial score (nSPS) is 14.8. The second-order valence-electron chi connectivity index (χ2n) is 6.47. The van der Waals surface area contributed by atoms with E-state index in [9.17, 15) is 9.59 Å². The lowest BCUT2D eigenvalue weighted by Gasteiger charge is -2.17. The first-order valence-electron chi connectivity index (χ1n) is 8.23. The minimum atomic E-state index is -0.913. The number of carbonyl (C=O) groups is 2. The number of hydrogen-bond donors (Lipinski definition) is 2. The van der Waals surface area contributed by atoms with Crippen LogP contribution in [0.1, 0.15) is 29.5 Å². The van der Waals surface area contributed by atoms with Crippen molar-refractivity contribution in [3.63, 3.8) is 0 Å². The molecule has 1 fully saturated rings. The molecule has 2 aromatic rings. The van der Waals surface area contributed by atoms with Gasteiger partial charge in [-0.3, -0.25) is 9.59 Å². The molecule has 1 aliphatic rings. The van der Waals surface area contributed by atoms with Gasteiger partial charge in [0.15, 0.2) is 0 Å². The topological polar surface area (TPSA) is 58.2 Å². The summed E-state index contributed by atoms with van der Waals surface area (Å²) in [7, 11) is 0. The largest absolute Gasteiger partial charge is 0.351 e. The van der Waals surface area contributed by atoms with E-state index in [1.807, 2.05) is 62.4 Å². The lowest BCUT2D eigenvalue weighted by Crippen LogP contribution is -2.39. The van der Waals surface area contributed by atoms with E-state index in [1.54, 1.807) is 0 Å². The molecule has 0 saturated heterocycles. The molecule has 0 spiro atoms. The first-order valence-corrected chi connectivity index (χ1v) is 8.23. The highest BCUT2D eigenvalue weighted by Gasteiger charge is 2.56. The minimum absolute atomic E-state index is 0.185. The highest BCUT2D eigenvalue weighted by atomic mass is 16.2. The third kappa shape index (κ3) is 3.18. The van der Waals surface area contributed by atoms with Gasteiger partial charge < -0.3 is 10.6 Å². The van der Waals surface area contributed by atoms with Gasteiger partial charge in [-0.1, -0.05) is 48.5 Å². The molecule has 3 rings (SSSR count). The van der Waals surface area contributed by atoms with Gasteiger partial charge in [0.25, 0.3) is 0 Å². The number of nitrogens with one attached hydrogen (secondary N) is 2. The van der Waals surface area contributed by atoms with Gasteiger partial charge in [0, 0.05) is 12.2 Å². The van der Waals surface area contributed by atoms with Crippen LogP contribution >= 0.6 is 0 Å². The molecule has 0 unspecified atom stereocenters. The summed E-state index contributed by atoms with van der Waals surface area (Å²) in [5, 5.41) is 5.86. The molecule has 2 aromatic carbocycles. The van der Waals surface area contributed by atoms with E-state index in [0.717, 1.165) is 22.4 Å². The number of benzene rings is 2. The average Bonchev–Trinajstić information content (AvgIpc) is 3.39. The molecular weight excluding hydrogens is 300 g/mol. The van der Waals surface area contributed by atoms with E-state index in [1.165, 1.54) is 0 Å². The van der Waals surface area contributed by atoms with Crippen LogP contribution in [0, 0.1) is 19.3 Å². The van der Waals surface area contributed by atoms with Crippen LogP contribution in [0.2, 0.25) is 0 Å². The van der Waals surface area contributed by atoms with Gasteiger partial charge in [-0.25, -0.2) is 0 Å². The molecule has 2 N–H and O–H groups in total. The lowest BCUT2D eigenvalue weighted by molar-refractivity contribution is -0.134. The van der Waals surface area contributed by atoms with E-state index in [4.69, 9.17) is 0 Å². The monoisotopic (exact) mass is 322 g/mol. The summed E-state index contributed by atoms with van der Waals surface area (Å²) in [4.78, 5) is 25.2. The number of amides is 2. The molecule has 4 heteroatoms. The standard InChI is InChI=1S/C20H22N2O2/c1-14-7-6-8-15(2)17(14)22-19(24)20(11-12-20)18(23)21-13-16-9-4-3-5-10-16/h3-10H,11-13H2,1-2H3,(H,21,23)(H,22,24). The maximum atomic E-state index is 12.7. The predicted molar refractivity (Wildman–Crippen MR) is 94.5 cm³/mol. The number of carbonyl (C=O) groups excluding carboxylic acids is 2. The van der Waals surface area contributed by atoms with Crippen molar-refractivity contribution in [2.24, 2.45) is 5.41 Å². The van der Waals surface area contributed by atoms with E-state index in [-0.39, 0.29) is 11.8 Å². The van der Waals surface area contributed by atoms with E-state index in [0.29, 0.717) is 19.4 Å². The first-order chi connectivity index (χ1) is 11.5. The summed E-state index contributed by atoms with van der Waals surface area (Å²) in [6, 6.07) is 15.6. The fourth-order valence-corrected chi connectivity index (χ4v) is 2.87. The van der Waals surface area contributed by atoms with Crippen molar-refractivity contribution >= 4 is 17.5 Å². The Balaban J connectivity index is 1.67. The SMILES string of the molecule is Cc1cccc(C)c1NC(=O)C1(C(=O)NCc2ccccc2)CC1. The summed E-state index contributed by atoms with van der Waals surface area (Å²) in [6.45, 7) is 4.35. The molecule has 0 radical (unpaired) electrons. The highest BCUT2D eigenvalue weighted by molar-refractivity contribution is 6.13. The molecule has 124 valence electrons. The third-order valence-electron chi connectivity index (χ3n) is 4.63. The second-order valence-corrected chi connectivity index (χ2v) is 6.47. The molecule has 0 heterocycles. The molecular formula is C20H22N2O2. The average molecular weight is 322 g/mol. The van der Waals surface area contributed by atoms with Crippen molar-refractivity contribution in [2.75, 3.05) is 5.32 Å². The van der Waals surface area contributed by atoms with Crippen LogP contribution in [0.3, 0.4) is 0 Å². The van der Waals surface area contributed by atoms with Gasteiger partial charge in [0.2, 0.25) is 11.8 Å². The van der Waals surface area contributed by atoms with Gasteiger partial charge in [0.1, 0.15) is 5.41 Å². The van der Waals surface area contributed by atoms with Gasteiger partial charge in [-0.2, -0.15) is 0 Å². The Morgan fingerprint density at radius 1 is 0.917 bits per heavy atom. The van der Waals surface area contributed by atoms with E-state index >= 15 is 0 Å². The Morgan fingerprint density at radius 2 is 1.54 bits per heavy atom. The molecule has 24 heavy (non-hydrogen) atoms. The Bertz CT molecular complexity index is 744. The lowest BCUT2D eigenvalue weighted by atomic mass is 10.0. The van der Waals surface area contributed by atoms with Gasteiger partial charge in [-0.05, 0) is 43.4 Å². The van der Waals surface area contributed by atoms with Crippen LogP contribution in [0.5, 0.6) is 0 Å². The number of para-hydroxylation sites is 1. The van der Waals surface area contributed by atoms with Gasteiger partial charge in [0.05, 0.1) is 0 Å². The van der Waals surface area contributed by atoms with E-state index in [2.05, 4.69) is 10.6 Å². The molecule has 1 aliphatic carbocycles. The predicted octanol–water partition coefficient (Wildman–Crippen LogP) is 3.34. The fraction of sp³-hybridized carbons (Fsp3) is 0.300. The zero-order chi connectivity index (χ0) is 17.2. The summed E-state index contributed by atoms with van der Waals surface area (Å²) in [5.74, 6) is -0.388. The van der Waals surface area contributed by atoms with Crippen LogP contribution in [0.25, 0.3) is 0 Å². The highest BCUT2D eigenvalue weighted by Crippen LogP contribution is 2.47. The second kappa shape index (κ2) is 6.48. The Kier molecular flexibility index (Phi) is 4.38. The van der Waals surface area contributed by atoms with Gasteiger partial charge >= 0.3 is 0 Å². The number of hydrogen-bond acceptors (Lipinski definition) is 2. The van der Waals surface area contributed by atoms with E-state index < -0.39 is 5.41 Å². The maximum Gasteiger partial charge on any atom is 0.240 e.